The van der Waals surface area contributed by atoms with Crippen molar-refractivity contribution < 1.29 is 4.79 Å². The largest absolute Gasteiger partial charge is 0.336 e. The van der Waals surface area contributed by atoms with Gasteiger partial charge in [-0.15, -0.1) is 11.8 Å². The standard InChI is InChI=1S/C18H26N2OS2/c1-3-7-15(19)12-16-13-23-11-10-20(16)18(21)17(22-2)14-8-5-4-6-9-14/h4-6,8-9,16-17,19H,3,7,10-13H2,1-2H3. The van der Waals surface area contributed by atoms with Gasteiger partial charge in [-0.2, -0.15) is 11.8 Å². The van der Waals surface area contributed by atoms with E-state index < -0.39 is 0 Å². The molecule has 23 heavy (non-hydrogen) atoms. The third-order valence-corrected chi connectivity index (χ3v) is 6.14. The first kappa shape index (κ1) is 18.4. The summed E-state index contributed by atoms with van der Waals surface area (Å²) in [5.74, 6) is 2.16. The minimum Gasteiger partial charge on any atom is -0.336 e. The Morgan fingerprint density at radius 2 is 2.17 bits per heavy atom. The molecule has 1 aliphatic rings. The molecular formula is C18H26N2OS2. The Labute approximate surface area is 148 Å². The number of nitrogens with one attached hydrogen (secondary N) is 1. The molecule has 0 radical (unpaired) electrons. The van der Waals surface area contributed by atoms with Crippen molar-refractivity contribution in [3.05, 3.63) is 35.9 Å². The smallest absolute Gasteiger partial charge is 0.240 e. The van der Waals surface area contributed by atoms with Crippen LogP contribution in [0.3, 0.4) is 0 Å². The predicted molar refractivity (Wildman–Crippen MR) is 103 cm³/mol. The molecule has 1 aromatic carbocycles. The lowest BCUT2D eigenvalue weighted by Crippen LogP contribution is -2.48. The van der Waals surface area contributed by atoms with E-state index >= 15 is 0 Å². The SMILES string of the molecule is CCCC(=N)CC1CSCCN1C(=O)C(SC)c1ccccc1. The van der Waals surface area contributed by atoms with Crippen molar-refractivity contribution in [2.24, 2.45) is 0 Å². The summed E-state index contributed by atoms with van der Waals surface area (Å²) in [6.45, 7) is 2.91. The molecule has 3 nitrogen and oxygen atoms in total. The van der Waals surface area contributed by atoms with Crippen LogP contribution in [0.4, 0.5) is 0 Å². The van der Waals surface area contributed by atoms with Crippen molar-refractivity contribution in [1.29, 1.82) is 5.41 Å². The number of carbonyl (C=O) groups excluding carboxylic acids is 1. The van der Waals surface area contributed by atoms with Gasteiger partial charge in [0.1, 0.15) is 5.25 Å². The fraction of sp³-hybridized carbons (Fsp3) is 0.556. The highest BCUT2D eigenvalue weighted by molar-refractivity contribution is 7.99. The molecule has 5 heteroatoms. The van der Waals surface area contributed by atoms with Gasteiger partial charge in [0.15, 0.2) is 0 Å². The number of amides is 1. The first-order valence-corrected chi connectivity index (χ1v) is 10.6. The van der Waals surface area contributed by atoms with E-state index in [0.29, 0.717) is 0 Å². The van der Waals surface area contributed by atoms with Crippen molar-refractivity contribution >= 4 is 35.1 Å². The minimum absolute atomic E-state index is 0.137. The second-order valence-corrected chi connectivity index (χ2v) is 7.94. The third kappa shape index (κ3) is 5.01. The van der Waals surface area contributed by atoms with Crippen molar-refractivity contribution in [3.8, 4) is 0 Å². The lowest BCUT2D eigenvalue weighted by Gasteiger charge is -2.37. The monoisotopic (exact) mass is 350 g/mol. The Balaban J connectivity index is 2.11. The zero-order valence-electron chi connectivity index (χ0n) is 14.0. The molecular weight excluding hydrogens is 324 g/mol. The number of thioether (sulfide) groups is 2. The summed E-state index contributed by atoms with van der Waals surface area (Å²) in [4.78, 5) is 15.1. The summed E-state index contributed by atoms with van der Waals surface area (Å²) >= 11 is 3.51. The average molecular weight is 351 g/mol. The van der Waals surface area contributed by atoms with Crippen molar-refractivity contribution in [3.63, 3.8) is 0 Å². The summed E-state index contributed by atoms with van der Waals surface area (Å²) in [6, 6.07) is 10.2. The molecule has 1 fully saturated rings. The molecule has 1 heterocycles. The molecule has 1 saturated heterocycles. The molecule has 0 aliphatic carbocycles. The van der Waals surface area contributed by atoms with Crippen LogP contribution < -0.4 is 0 Å². The zero-order valence-corrected chi connectivity index (χ0v) is 15.6. The fourth-order valence-corrected chi connectivity index (χ4v) is 4.79. The van der Waals surface area contributed by atoms with Gasteiger partial charge < -0.3 is 10.3 Å². The Kier molecular flexibility index (Phi) is 7.50. The van der Waals surface area contributed by atoms with Crippen molar-refractivity contribution in [2.45, 2.75) is 37.5 Å². The van der Waals surface area contributed by atoms with Crippen LogP contribution in [-0.4, -0.2) is 46.9 Å². The molecule has 1 aliphatic heterocycles. The second kappa shape index (κ2) is 9.38. The molecule has 2 rings (SSSR count). The molecule has 1 N–H and O–H groups in total. The molecule has 2 atom stereocenters. The minimum atomic E-state index is -0.137. The van der Waals surface area contributed by atoms with Gasteiger partial charge in [0.05, 0.1) is 0 Å². The van der Waals surface area contributed by atoms with Crippen LogP contribution in [0, 0.1) is 5.41 Å². The molecule has 0 bridgehead atoms. The zero-order chi connectivity index (χ0) is 16.7. The van der Waals surface area contributed by atoms with E-state index in [9.17, 15) is 4.79 Å². The summed E-state index contributed by atoms with van der Waals surface area (Å²) in [5.41, 5.74) is 1.85. The highest BCUT2D eigenvalue weighted by Gasteiger charge is 2.32. The first-order chi connectivity index (χ1) is 11.2. The summed E-state index contributed by atoms with van der Waals surface area (Å²) in [5, 5.41) is 7.98. The van der Waals surface area contributed by atoms with E-state index in [2.05, 4.69) is 6.92 Å². The Bertz CT molecular complexity index is 521. The predicted octanol–water partition coefficient (Wildman–Crippen LogP) is 4.24. The number of nitrogens with zero attached hydrogens (tertiary/aromatic N) is 1. The molecule has 2 unspecified atom stereocenters. The van der Waals surface area contributed by atoms with Crippen LogP contribution in [0.1, 0.15) is 37.0 Å². The van der Waals surface area contributed by atoms with E-state index in [1.54, 1.807) is 11.8 Å². The molecule has 0 spiro atoms. The maximum Gasteiger partial charge on any atom is 0.240 e. The number of rotatable bonds is 7. The van der Waals surface area contributed by atoms with Gasteiger partial charge in [-0.3, -0.25) is 4.79 Å². The van der Waals surface area contributed by atoms with E-state index in [-0.39, 0.29) is 17.2 Å². The van der Waals surface area contributed by atoms with Gasteiger partial charge >= 0.3 is 0 Å². The van der Waals surface area contributed by atoms with E-state index in [4.69, 9.17) is 5.41 Å². The fourth-order valence-electron chi connectivity index (χ4n) is 2.96. The summed E-state index contributed by atoms with van der Waals surface area (Å²) in [7, 11) is 0. The van der Waals surface area contributed by atoms with E-state index in [1.165, 1.54) is 0 Å². The van der Waals surface area contributed by atoms with Gasteiger partial charge in [-0.1, -0.05) is 43.7 Å². The Morgan fingerprint density at radius 3 is 2.83 bits per heavy atom. The van der Waals surface area contributed by atoms with Gasteiger partial charge in [-0.25, -0.2) is 0 Å². The second-order valence-electron chi connectivity index (χ2n) is 5.84. The number of hydrogen-bond donors (Lipinski definition) is 1. The van der Waals surface area contributed by atoms with Gasteiger partial charge in [0.25, 0.3) is 0 Å². The number of benzene rings is 1. The van der Waals surface area contributed by atoms with Crippen LogP contribution >= 0.6 is 23.5 Å². The summed E-state index contributed by atoms with van der Waals surface area (Å²) in [6.07, 6.45) is 4.57. The lowest BCUT2D eigenvalue weighted by molar-refractivity contribution is -0.132. The van der Waals surface area contributed by atoms with Gasteiger partial charge in [-0.05, 0) is 18.2 Å². The highest BCUT2D eigenvalue weighted by Crippen LogP contribution is 2.31. The van der Waals surface area contributed by atoms with Crippen LogP contribution in [-0.2, 0) is 4.79 Å². The van der Waals surface area contributed by atoms with E-state index in [0.717, 1.165) is 48.6 Å². The molecule has 0 saturated carbocycles. The first-order valence-electron chi connectivity index (χ1n) is 8.19. The Morgan fingerprint density at radius 1 is 1.43 bits per heavy atom. The quantitative estimate of drug-likeness (QED) is 0.748. The van der Waals surface area contributed by atoms with Crippen LogP contribution in [0.5, 0.6) is 0 Å². The maximum atomic E-state index is 13.1. The van der Waals surface area contributed by atoms with Crippen molar-refractivity contribution in [1.82, 2.24) is 4.90 Å². The number of carbonyl (C=O) groups is 1. The molecule has 0 aromatic heterocycles. The number of hydrogen-bond acceptors (Lipinski definition) is 4. The normalized spacial score (nSPS) is 19.4. The Hall–Kier alpha value is -0.940. The van der Waals surface area contributed by atoms with Crippen LogP contribution in [0.15, 0.2) is 30.3 Å². The lowest BCUT2D eigenvalue weighted by atomic mass is 10.0. The van der Waals surface area contributed by atoms with Crippen molar-refractivity contribution in [2.75, 3.05) is 24.3 Å². The van der Waals surface area contributed by atoms with Crippen LogP contribution in [0.25, 0.3) is 0 Å². The third-order valence-electron chi connectivity index (χ3n) is 4.11. The van der Waals surface area contributed by atoms with E-state index in [1.807, 2.05) is 53.2 Å². The van der Waals surface area contributed by atoms with Crippen LogP contribution in [0.2, 0.25) is 0 Å². The molecule has 1 aromatic rings. The molecule has 126 valence electrons. The topological polar surface area (TPSA) is 44.2 Å². The van der Waals surface area contributed by atoms with Gasteiger partial charge in [0.2, 0.25) is 5.91 Å². The highest BCUT2D eigenvalue weighted by atomic mass is 32.2. The molecule has 1 amide bonds. The maximum absolute atomic E-state index is 13.1. The van der Waals surface area contributed by atoms with Gasteiger partial charge in [0, 0.05) is 36.2 Å². The average Bonchev–Trinajstić information content (AvgIpc) is 2.57. The summed E-state index contributed by atoms with van der Waals surface area (Å²) < 4.78 is 0.